The van der Waals surface area contributed by atoms with E-state index in [0.29, 0.717) is 5.56 Å². The molecule has 0 saturated heterocycles. The van der Waals surface area contributed by atoms with Crippen LogP contribution in [-0.4, -0.2) is 50.3 Å². The van der Waals surface area contributed by atoms with Crippen molar-refractivity contribution in [2.45, 2.75) is 45.4 Å². The first-order valence-corrected chi connectivity index (χ1v) is 12.2. The molecule has 3 amide bonds. The number of nitrogens with one attached hydrogen (secondary N) is 3. The van der Waals surface area contributed by atoms with Crippen molar-refractivity contribution in [3.63, 3.8) is 0 Å². The van der Waals surface area contributed by atoms with Crippen LogP contribution in [0.15, 0.2) is 66.7 Å². The van der Waals surface area contributed by atoms with Crippen molar-refractivity contribution in [3.8, 4) is 0 Å². The standard InChI is InChI=1S/C27H30FN3O4.C2H6O/c1-27(2,3)35-26(34)30-17-24(32)31-23(15-18-11-13-21(28)14-12-18)25(33)29-16-20-9-6-8-19-7-4-5-10-22(19)20;1-3-2/h4-14,23H,15-17H2,1-3H3,(H,29,33)(H,30,34)(H,31,32);1-2H3. The highest BCUT2D eigenvalue weighted by atomic mass is 19.1. The molecule has 0 radical (unpaired) electrons. The summed E-state index contributed by atoms with van der Waals surface area (Å²) in [5.74, 6) is -1.34. The predicted octanol–water partition coefficient (Wildman–Crippen LogP) is 4.11. The summed E-state index contributed by atoms with van der Waals surface area (Å²) in [6.07, 6.45) is -0.581. The third-order valence-corrected chi connectivity index (χ3v) is 5.13. The summed E-state index contributed by atoms with van der Waals surface area (Å²) in [6.45, 7) is 5.06. The molecule has 0 aromatic heterocycles. The Balaban J connectivity index is 0.00000161. The average molecular weight is 526 g/mol. The SMILES string of the molecule is CC(C)(C)OC(=O)NCC(=O)NC(Cc1ccc(F)cc1)C(=O)NCc1cccc2ccccc12.COC. The molecule has 0 aliphatic carbocycles. The molecule has 0 spiro atoms. The summed E-state index contributed by atoms with van der Waals surface area (Å²) in [7, 11) is 3.25. The largest absolute Gasteiger partial charge is 0.444 e. The summed E-state index contributed by atoms with van der Waals surface area (Å²) in [4.78, 5) is 37.4. The molecule has 1 atom stereocenters. The molecule has 3 N–H and O–H groups in total. The Bertz CT molecular complexity index is 1200. The third-order valence-electron chi connectivity index (χ3n) is 5.13. The second kappa shape index (κ2) is 14.7. The molecule has 3 aromatic carbocycles. The summed E-state index contributed by atoms with van der Waals surface area (Å²) in [5, 5.41) is 10.0. The van der Waals surface area contributed by atoms with Crippen LogP contribution < -0.4 is 16.0 Å². The summed E-state index contributed by atoms with van der Waals surface area (Å²) in [6, 6.07) is 18.5. The Labute approximate surface area is 222 Å². The maximum Gasteiger partial charge on any atom is 0.408 e. The minimum Gasteiger partial charge on any atom is -0.444 e. The van der Waals surface area contributed by atoms with Crippen LogP contribution in [0, 0.1) is 5.82 Å². The van der Waals surface area contributed by atoms with Crippen molar-refractivity contribution in [2.24, 2.45) is 0 Å². The fraction of sp³-hybridized carbons (Fsp3) is 0.345. The number of ether oxygens (including phenoxy) is 2. The molecule has 38 heavy (non-hydrogen) atoms. The van der Waals surface area contributed by atoms with Crippen LogP contribution in [0.25, 0.3) is 10.8 Å². The number of carbonyl (C=O) groups is 3. The fourth-order valence-electron chi connectivity index (χ4n) is 3.53. The van der Waals surface area contributed by atoms with Crippen LogP contribution in [0.2, 0.25) is 0 Å². The number of halogens is 1. The molecule has 0 heterocycles. The highest BCUT2D eigenvalue weighted by Gasteiger charge is 2.22. The minimum absolute atomic E-state index is 0.153. The normalized spacial score (nSPS) is 11.5. The van der Waals surface area contributed by atoms with Gasteiger partial charge in [0.05, 0.1) is 0 Å². The number of hydrogen-bond donors (Lipinski definition) is 3. The molecule has 0 aliphatic rings. The van der Waals surface area contributed by atoms with E-state index >= 15 is 0 Å². The number of methoxy groups -OCH3 is 1. The van der Waals surface area contributed by atoms with Gasteiger partial charge < -0.3 is 25.4 Å². The van der Waals surface area contributed by atoms with Crippen LogP contribution in [0.1, 0.15) is 31.9 Å². The first-order chi connectivity index (χ1) is 18.0. The van der Waals surface area contributed by atoms with E-state index in [4.69, 9.17) is 4.74 Å². The minimum atomic E-state index is -0.927. The Kier molecular flexibility index (Phi) is 11.7. The van der Waals surface area contributed by atoms with Gasteiger partial charge in [-0.05, 0) is 54.8 Å². The van der Waals surface area contributed by atoms with Crippen LogP contribution in [0.3, 0.4) is 0 Å². The van der Waals surface area contributed by atoms with Crippen molar-refractivity contribution >= 4 is 28.7 Å². The molecule has 3 rings (SSSR count). The molecule has 8 nitrogen and oxygen atoms in total. The van der Waals surface area contributed by atoms with E-state index in [-0.39, 0.29) is 19.5 Å². The van der Waals surface area contributed by atoms with E-state index in [1.165, 1.54) is 12.1 Å². The number of hydrogen-bond acceptors (Lipinski definition) is 5. The van der Waals surface area contributed by atoms with Gasteiger partial charge in [0.1, 0.15) is 24.0 Å². The maximum atomic E-state index is 13.3. The molecular weight excluding hydrogens is 489 g/mol. The summed E-state index contributed by atoms with van der Waals surface area (Å²) >= 11 is 0. The van der Waals surface area contributed by atoms with Gasteiger partial charge in [0.2, 0.25) is 11.8 Å². The van der Waals surface area contributed by atoms with Gasteiger partial charge in [-0.2, -0.15) is 0 Å². The Morgan fingerprint density at radius 2 is 1.53 bits per heavy atom. The Morgan fingerprint density at radius 3 is 2.18 bits per heavy atom. The molecule has 3 aromatic rings. The van der Waals surface area contributed by atoms with Crippen molar-refractivity contribution in [1.29, 1.82) is 0 Å². The number of rotatable bonds is 8. The zero-order chi connectivity index (χ0) is 28.1. The molecule has 0 saturated carbocycles. The molecule has 204 valence electrons. The Hall–Kier alpha value is -3.98. The zero-order valence-electron chi connectivity index (χ0n) is 22.5. The van der Waals surface area contributed by atoms with Gasteiger partial charge in [0.15, 0.2) is 0 Å². The molecule has 1 unspecified atom stereocenters. The number of benzene rings is 3. The van der Waals surface area contributed by atoms with E-state index in [2.05, 4.69) is 20.7 Å². The van der Waals surface area contributed by atoms with Gasteiger partial charge in [-0.15, -0.1) is 0 Å². The van der Waals surface area contributed by atoms with Crippen molar-refractivity contribution in [1.82, 2.24) is 16.0 Å². The first-order valence-electron chi connectivity index (χ1n) is 12.2. The quantitative estimate of drug-likeness (QED) is 0.411. The highest BCUT2D eigenvalue weighted by Crippen LogP contribution is 2.18. The molecule has 0 bridgehead atoms. The van der Waals surface area contributed by atoms with Gasteiger partial charge in [-0.1, -0.05) is 54.6 Å². The highest BCUT2D eigenvalue weighted by molar-refractivity contribution is 5.90. The van der Waals surface area contributed by atoms with Gasteiger partial charge in [0, 0.05) is 27.2 Å². The topological polar surface area (TPSA) is 106 Å². The number of fused-ring (bicyclic) bond motifs is 1. The van der Waals surface area contributed by atoms with E-state index in [0.717, 1.165) is 16.3 Å². The van der Waals surface area contributed by atoms with Crippen LogP contribution in [-0.2, 0) is 32.0 Å². The number of alkyl carbamates (subject to hydrolysis) is 1. The van der Waals surface area contributed by atoms with E-state index in [1.54, 1.807) is 47.1 Å². The third kappa shape index (κ3) is 10.6. The number of carbonyl (C=O) groups excluding carboxylic acids is 3. The fourth-order valence-corrected chi connectivity index (χ4v) is 3.53. The molecule has 0 fully saturated rings. The second-order valence-corrected chi connectivity index (χ2v) is 9.57. The lowest BCUT2D eigenvalue weighted by Crippen LogP contribution is -2.50. The van der Waals surface area contributed by atoms with Crippen molar-refractivity contribution in [2.75, 3.05) is 20.8 Å². The van der Waals surface area contributed by atoms with Gasteiger partial charge in [-0.25, -0.2) is 9.18 Å². The summed E-state index contributed by atoms with van der Waals surface area (Å²) in [5.41, 5.74) is 0.916. The lowest BCUT2D eigenvalue weighted by molar-refractivity contribution is -0.128. The summed E-state index contributed by atoms with van der Waals surface area (Å²) < 4.78 is 22.7. The average Bonchev–Trinajstić information content (AvgIpc) is 2.86. The smallest absolute Gasteiger partial charge is 0.408 e. The first kappa shape index (κ1) is 30.2. The van der Waals surface area contributed by atoms with Crippen LogP contribution >= 0.6 is 0 Å². The monoisotopic (exact) mass is 525 g/mol. The molecular formula is C29H36FN3O5. The molecule has 9 heteroatoms. The zero-order valence-corrected chi connectivity index (χ0v) is 22.5. The lowest BCUT2D eigenvalue weighted by atomic mass is 10.0. The van der Waals surface area contributed by atoms with Crippen molar-refractivity contribution in [3.05, 3.63) is 83.7 Å². The van der Waals surface area contributed by atoms with E-state index in [9.17, 15) is 18.8 Å². The van der Waals surface area contributed by atoms with Crippen LogP contribution in [0.5, 0.6) is 0 Å². The van der Waals surface area contributed by atoms with E-state index < -0.39 is 35.4 Å². The second-order valence-electron chi connectivity index (χ2n) is 9.57. The molecule has 0 aliphatic heterocycles. The van der Waals surface area contributed by atoms with Crippen molar-refractivity contribution < 1.29 is 28.2 Å². The van der Waals surface area contributed by atoms with Gasteiger partial charge in [0.25, 0.3) is 0 Å². The Morgan fingerprint density at radius 1 is 0.895 bits per heavy atom. The van der Waals surface area contributed by atoms with E-state index in [1.807, 2.05) is 42.5 Å². The maximum absolute atomic E-state index is 13.3. The number of amides is 3. The van der Waals surface area contributed by atoms with Gasteiger partial charge in [-0.3, -0.25) is 9.59 Å². The lowest BCUT2D eigenvalue weighted by Gasteiger charge is -2.21. The predicted molar refractivity (Wildman–Crippen MR) is 145 cm³/mol. The van der Waals surface area contributed by atoms with Gasteiger partial charge >= 0.3 is 6.09 Å². The van der Waals surface area contributed by atoms with Crippen LogP contribution in [0.4, 0.5) is 9.18 Å².